The molecule has 0 bridgehead atoms. The first-order valence-corrected chi connectivity index (χ1v) is 8.26. The largest absolute Gasteiger partial charge is 0.351 e. The number of nitrogens with zero attached hydrogens (tertiary/aromatic N) is 2. The summed E-state index contributed by atoms with van der Waals surface area (Å²) in [5, 5.41) is 9.79. The molecule has 0 aliphatic heterocycles. The molecule has 1 aromatic carbocycles. The van der Waals surface area contributed by atoms with Gasteiger partial charge in [0.15, 0.2) is 5.82 Å². The lowest BCUT2D eigenvalue weighted by Gasteiger charge is -2.02. The third kappa shape index (κ3) is 2.62. The number of thiophene rings is 1. The molecule has 0 atom stereocenters. The molecule has 1 aliphatic carbocycles. The van der Waals surface area contributed by atoms with Crippen molar-refractivity contribution in [3.05, 3.63) is 46.9 Å². The van der Waals surface area contributed by atoms with E-state index in [0.29, 0.717) is 24.8 Å². The number of benzene rings is 1. The van der Waals surface area contributed by atoms with Crippen molar-refractivity contribution >= 4 is 27.3 Å². The minimum Gasteiger partial charge on any atom is -0.351 e. The maximum absolute atomic E-state index is 12.3. The van der Waals surface area contributed by atoms with Gasteiger partial charge in [0.05, 0.1) is 5.56 Å². The SMILES string of the molecule is O=C(NCCc1nc(C2CC2)no1)c1csc2ccccc12. The smallest absolute Gasteiger partial charge is 0.252 e. The lowest BCUT2D eigenvalue weighted by atomic mass is 10.1. The highest BCUT2D eigenvalue weighted by Crippen LogP contribution is 2.38. The Labute approximate surface area is 131 Å². The molecule has 1 amide bonds. The number of fused-ring (bicyclic) bond motifs is 1. The molecule has 2 aromatic heterocycles. The maximum Gasteiger partial charge on any atom is 0.252 e. The Balaban J connectivity index is 1.37. The van der Waals surface area contributed by atoms with Gasteiger partial charge in [0.25, 0.3) is 5.91 Å². The van der Waals surface area contributed by atoms with Crippen molar-refractivity contribution in [1.29, 1.82) is 0 Å². The maximum atomic E-state index is 12.3. The summed E-state index contributed by atoms with van der Waals surface area (Å²) < 4.78 is 6.32. The molecule has 5 nitrogen and oxygen atoms in total. The summed E-state index contributed by atoms with van der Waals surface area (Å²) in [7, 11) is 0. The molecular weight excluding hydrogens is 298 g/mol. The summed E-state index contributed by atoms with van der Waals surface area (Å²) in [4.78, 5) is 16.6. The fourth-order valence-corrected chi connectivity index (χ4v) is 3.35. The van der Waals surface area contributed by atoms with Gasteiger partial charge in [-0.1, -0.05) is 23.4 Å². The second kappa shape index (κ2) is 5.53. The number of hydrogen-bond acceptors (Lipinski definition) is 5. The van der Waals surface area contributed by atoms with E-state index < -0.39 is 0 Å². The summed E-state index contributed by atoms with van der Waals surface area (Å²) in [5.74, 6) is 1.84. The monoisotopic (exact) mass is 313 g/mol. The molecule has 22 heavy (non-hydrogen) atoms. The molecule has 3 aromatic rings. The Kier molecular flexibility index (Phi) is 3.38. The van der Waals surface area contributed by atoms with Crippen molar-refractivity contribution in [2.75, 3.05) is 6.54 Å². The molecule has 6 heteroatoms. The van der Waals surface area contributed by atoms with Gasteiger partial charge >= 0.3 is 0 Å². The van der Waals surface area contributed by atoms with E-state index in [-0.39, 0.29) is 5.91 Å². The third-order valence-corrected chi connectivity index (χ3v) is 4.74. The summed E-state index contributed by atoms with van der Waals surface area (Å²) in [6.07, 6.45) is 2.87. The highest BCUT2D eigenvalue weighted by Gasteiger charge is 2.28. The predicted molar refractivity (Wildman–Crippen MR) is 84.1 cm³/mol. The molecule has 112 valence electrons. The van der Waals surface area contributed by atoms with Crippen LogP contribution in [0, 0.1) is 0 Å². The van der Waals surface area contributed by atoms with Gasteiger partial charge in [-0.2, -0.15) is 4.98 Å². The Morgan fingerprint density at radius 2 is 2.23 bits per heavy atom. The van der Waals surface area contributed by atoms with E-state index in [9.17, 15) is 4.79 Å². The van der Waals surface area contributed by atoms with Crippen LogP contribution in [0.25, 0.3) is 10.1 Å². The van der Waals surface area contributed by atoms with E-state index in [1.54, 1.807) is 11.3 Å². The van der Waals surface area contributed by atoms with Gasteiger partial charge in [-0.25, -0.2) is 0 Å². The van der Waals surface area contributed by atoms with Crippen LogP contribution in [0.15, 0.2) is 34.2 Å². The zero-order valence-electron chi connectivity index (χ0n) is 11.9. The van der Waals surface area contributed by atoms with Crippen LogP contribution in [0.2, 0.25) is 0 Å². The van der Waals surface area contributed by atoms with Crippen LogP contribution in [0.1, 0.15) is 40.8 Å². The molecule has 4 rings (SSSR count). The summed E-state index contributed by atoms with van der Waals surface area (Å²) >= 11 is 1.58. The van der Waals surface area contributed by atoms with Crippen LogP contribution in [0.3, 0.4) is 0 Å². The number of nitrogens with one attached hydrogen (secondary N) is 1. The van der Waals surface area contributed by atoms with Crippen molar-refractivity contribution in [3.63, 3.8) is 0 Å². The van der Waals surface area contributed by atoms with E-state index >= 15 is 0 Å². The van der Waals surface area contributed by atoms with Crippen LogP contribution in [0.5, 0.6) is 0 Å². The van der Waals surface area contributed by atoms with Crippen LogP contribution >= 0.6 is 11.3 Å². The number of hydrogen-bond donors (Lipinski definition) is 1. The van der Waals surface area contributed by atoms with E-state index in [0.717, 1.165) is 34.3 Å². The Morgan fingerprint density at radius 1 is 1.36 bits per heavy atom. The molecule has 1 fully saturated rings. The summed E-state index contributed by atoms with van der Waals surface area (Å²) in [5.41, 5.74) is 0.727. The molecular formula is C16H15N3O2S. The quantitative estimate of drug-likeness (QED) is 0.786. The molecule has 0 unspecified atom stereocenters. The minimum atomic E-state index is -0.0561. The highest BCUT2D eigenvalue weighted by atomic mass is 32.1. The van der Waals surface area contributed by atoms with Crippen molar-refractivity contribution in [3.8, 4) is 0 Å². The lowest BCUT2D eigenvalue weighted by Crippen LogP contribution is -2.25. The number of rotatable bonds is 5. The first-order valence-electron chi connectivity index (χ1n) is 7.38. The second-order valence-electron chi connectivity index (χ2n) is 5.47. The van der Waals surface area contributed by atoms with Gasteiger partial charge in [0, 0.05) is 34.3 Å². The van der Waals surface area contributed by atoms with Crippen LogP contribution in [-0.2, 0) is 6.42 Å². The predicted octanol–water partition coefficient (Wildman–Crippen LogP) is 3.13. The van der Waals surface area contributed by atoms with E-state index in [1.165, 1.54) is 0 Å². The average molecular weight is 313 g/mol. The van der Waals surface area contributed by atoms with Gasteiger partial charge in [-0.15, -0.1) is 11.3 Å². The van der Waals surface area contributed by atoms with Gasteiger partial charge < -0.3 is 9.84 Å². The fraction of sp³-hybridized carbons (Fsp3) is 0.312. The van der Waals surface area contributed by atoms with Crippen LogP contribution in [-0.4, -0.2) is 22.6 Å². The van der Waals surface area contributed by atoms with E-state index in [2.05, 4.69) is 15.5 Å². The molecule has 0 saturated heterocycles. The van der Waals surface area contributed by atoms with Gasteiger partial charge in [-0.05, 0) is 18.9 Å². The minimum absolute atomic E-state index is 0.0561. The standard InChI is InChI=1S/C16H15N3O2S/c20-16(12-9-22-13-4-2-1-3-11(12)13)17-8-7-14-18-15(19-21-14)10-5-6-10/h1-4,9-10H,5-8H2,(H,17,20). The van der Waals surface area contributed by atoms with Crippen LogP contribution in [0.4, 0.5) is 0 Å². The molecule has 1 N–H and O–H groups in total. The van der Waals surface area contributed by atoms with E-state index in [4.69, 9.17) is 4.52 Å². The zero-order valence-corrected chi connectivity index (χ0v) is 12.7. The van der Waals surface area contributed by atoms with Crippen LogP contribution < -0.4 is 5.32 Å². The average Bonchev–Trinajstić information content (AvgIpc) is 3.12. The molecule has 1 aliphatic rings. The third-order valence-electron chi connectivity index (χ3n) is 3.78. The molecule has 2 heterocycles. The van der Waals surface area contributed by atoms with Crippen molar-refractivity contribution < 1.29 is 9.32 Å². The first-order chi connectivity index (χ1) is 10.8. The van der Waals surface area contributed by atoms with Gasteiger partial charge in [0.2, 0.25) is 5.89 Å². The van der Waals surface area contributed by atoms with Crippen molar-refractivity contribution in [2.24, 2.45) is 0 Å². The number of carbonyl (C=O) groups is 1. The summed E-state index contributed by atoms with van der Waals surface area (Å²) in [6, 6.07) is 7.92. The fourth-order valence-electron chi connectivity index (χ4n) is 2.41. The first kappa shape index (κ1) is 13.5. The van der Waals surface area contributed by atoms with E-state index in [1.807, 2.05) is 29.6 Å². The molecule has 1 saturated carbocycles. The molecule has 0 radical (unpaired) electrons. The molecule has 0 spiro atoms. The van der Waals surface area contributed by atoms with Crippen molar-refractivity contribution in [1.82, 2.24) is 15.5 Å². The Morgan fingerprint density at radius 3 is 3.09 bits per heavy atom. The van der Waals surface area contributed by atoms with Gasteiger partial charge in [-0.3, -0.25) is 4.79 Å². The topological polar surface area (TPSA) is 68.0 Å². The second-order valence-corrected chi connectivity index (χ2v) is 6.38. The lowest BCUT2D eigenvalue weighted by molar-refractivity contribution is 0.0955. The highest BCUT2D eigenvalue weighted by molar-refractivity contribution is 7.17. The number of aromatic nitrogens is 2. The normalized spacial score (nSPS) is 14.4. The Bertz CT molecular complexity index is 820. The Hall–Kier alpha value is -2.21. The van der Waals surface area contributed by atoms with Crippen molar-refractivity contribution in [2.45, 2.75) is 25.2 Å². The van der Waals surface area contributed by atoms with Gasteiger partial charge in [0.1, 0.15) is 0 Å². The summed E-state index contributed by atoms with van der Waals surface area (Å²) in [6.45, 7) is 0.495. The number of carbonyl (C=O) groups excluding carboxylic acids is 1. The zero-order chi connectivity index (χ0) is 14.9. The number of amides is 1.